The number of rotatable bonds is 2. The molecule has 0 saturated heterocycles. The molecule has 23 heavy (non-hydrogen) atoms. The van der Waals surface area contributed by atoms with Crippen molar-refractivity contribution in [2.75, 3.05) is 0 Å². The van der Waals surface area contributed by atoms with Crippen LogP contribution < -0.4 is 4.80 Å². The number of hydrogen-bond donors (Lipinski definition) is 0. The summed E-state index contributed by atoms with van der Waals surface area (Å²) in [6.45, 7) is 0.255. The average Bonchev–Trinajstić information content (AvgIpc) is 2.84. The van der Waals surface area contributed by atoms with Crippen LogP contribution in [0.2, 0.25) is 5.02 Å². The molecule has 0 fully saturated rings. The van der Waals surface area contributed by atoms with E-state index >= 15 is 0 Å². The van der Waals surface area contributed by atoms with E-state index in [4.69, 9.17) is 18.0 Å². The summed E-state index contributed by atoms with van der Waals surface area (Å²) < 4.78 is 16.3. The van der Waals surface area contributed by atoms with Gasteiger partial charge in [-0.2, -0.15) is 4.99 Å². The third kappa shape index (κ3) is 3.04. The maximum atomic E-state index is 13.7. The summed E-state index contributed by atoms with van der Waals surface area (Å²) >= 11 is 7.27. The third-order valence-electron chi connectivity index (χ3n) is 3.20. The molecule has 0 atom stereocenters. The third-order valence-corrected chi connectivity index (χ3v) is 4.47. The Balaban J connectivity index is 2.19. The van der Waals surface area contributed by atoms with Gasteiger partial charge >= 0.3 is 0 Å². The number of carbonyl (C=O) groups is 1. The van der Waals surface area contributed by atoms with Gasteiger partial charge in [0, 0.05) is 5.02 Å². The highest BCUT2D eigenvalue weighted by atomic mass is 35.5. The van der Waals surface area contributed by atoms with Crippen molar-refractivity contribution in [3.8, 4) is 12.3 Å². The highest BCUT2D eigenvalue weighted by Gasteiger charge is 2.12. The summed E-state index contributed by atoms with van der Waals surface area (Å²) in [4.78, 5) is 16.7. The number of amides is 1. The van der Waals surface area contributed by atoms with Gasteiger partial charge in [0.15, 0.2) is 4.80 Å². The molecule has 0 saturated carbocycles. The lowest BCUT2D eigenvalue weighted by atomic mass is 10.2. The van der Waals surface area contributed by atoms with Gasteiger partial charge in [-0.25, -0.2) is 4.39 Å². The first-order valence-corrected chi connectivity index (χ1v) is 7.85. The van der Waals surface area contributed by atoms with Crippen LogP contribution in [0.4, 0.5) is 4.39 Å². The Hall–Kier alpha value is -2.42. The van der Waals surface area contributed by atoms with Gasteiger partial charge in [-0.1, -0.05) is 41.0 Å². The number of aromatic nitrogens is 1. The lowest BCUT2D eigenvalue weighted by Gasteiger charge is -2.00. The second kappa shape index (κ2) is 6.37. The number of hydrogen-bond acceptors (Lipinski definition) is 2. The summed E-state index contributed by atoms with van der Waals surface area (Å²) in [6.07, 6.45) is 5.40. The minimum atomic E-state index is -0.647. The van der Waals surface area contributed by atoms with E-state index in [1.807, 2.05) is 6.07 Å². The second-order valence-corrected chi connectivity index (χ2v) is 6.13. The number of benzene rings is 2. The van der Waals surface area contributed by atoms with E-state index in [1.54, 1.807) is 22.8 Å². The maximum absolute atomic E-state index is 13.7. The monoisotopic (exact) mass is 344 g/mol. The van der Waals surface area contributed by atoms with Crippen molar-refractivity contribution in [3.63, 3.8) is 0 Å². The minimum absolute atomic E-state index is 0.0738. The van der Waals surface area contributed by atoms with Gasteiger partial charge in [-0.05, 0) is 30.3 Å². The van der Waals surface area contributed by atoms with Crippen molar-refractivity contribution in [2.24, 2.45) is 4.99 Å². The Morgan fingerprint density at radius 3 is 2.87 bits per heavy atom. The standard InChI is InChI=1S/C17H10ClFN2OS/c1-2-9-21-14-8-7-11(18)10-15(14)23-17(21)20-16(22)12-5-3-4-6-13(12)19/h1,3-8,10H,9H2. The SMILES string of the molecule is C#CCn1c(=NC(=O)c2ccccc2F)sc2cc(Cl)ccc21. The summed E-state index contributed by atoms with van der Waals surface area (Å²) in [5.41, 5.74) is 0.757. The fourth-order valence-electron chi connectivity index (χ4n) is 2.16. The van der Waals surface area contributed by atoms with Crippen molar-refractivity contribution in [2.45, 2.75) is 6.54 Å². The molecule has 0 spiro atoms. The van der Waals surface area contributed by atoms with Crippen LogP contribution in [0, 0.1) is 18.2 Å². The van der Waals surface area contributed by atoms with Gasteiger partial charge in [0.05, 0.1) is 22.3 Å². The average molecular weight is 345 g/mol. The molecule has 0 aliphatic carbocycles. The first-order chi connectivity index (χ1) is 11.1. The first-order valence-electron chi connectivity index (χ1n) is 6.66. The number of halogens is 2. The fraction of sp³-hybridized carbons (Fsp3) is 0.0588. The predicted octanol–water partition coefficient (Wildman–Crippen LogP) is 3.87. The normalized spacial score (nSPS) is 11.6. The highest BCUT2D eigenvalue weighted by Crippen LogP contribution is 2.22. The smallest absolute Gasteiger partial charge is 0.282 e. The van der Waals surface area contributed by atoms with E-state index in [9.17, 15) is 9.18 Å². The van der Waals surface area contributed by atoms with Crippen LogP contribution in [-0.4, -0.2) is 10.5 Å². The van der Waals surface area contributed by atoms with E-state index < -0.39 is 11.7 Å². The Morgan fingerprint density at radius 2 is 2.13 bits per heavy atom. The molecule has 0 aliphatic heterocycles. The second-order valence-electron chi connectivity index (χ2n) is 4.68. The molecule has 2 aromatic carbocycles. The van der Waals surface area contributed by atoms with Crippen molar-refractivity contribution >= 4 is 39.1 Å². The number of nitrogens with zero attached hydrogens (tertiary/aromatic N) is 2. The van der Waals surface area contributed by atoms with Gasteiger partial charge in [0.1, 0.15) is 5.82 Å². The Morgan fingerprint density at radius 1 is 1.35 bits per heavy atom. The van der Waals surface area contributed by atoms with Crippen LogP contribution in [0.3, 0.4) is 0 Å². The minimum Gasteiger partial charge on any atom is -0.305 e. The molecule has 0 bridgehead atoms. The van der Waals surface area contributed by atoms with E-state index in [-0.39, 0.29) is 12.1 Å². The van der Waals surface area contributed by atoms with Gasteiger partial charge < -0.3 is 4.57 Å². The molecule has 1 amide bonds. The Labute approximate surface area is 140 Å². The molecular formula is C17H10ClFN2OS. The lowest BCUT2D eigenvalue weighted by molar-refractivity contribution is 0.0994. The maximum Gasteiger partial charge on any atom is 0.282 e. The summed E-state index contributed by atoms with van der Waals surface area (Å²) in [6, 6.07) is 11.1. The molecule has 3 nitrogen and oxygen atoms in total. The van der Waals surface area contributed by atoms with Crippen molar-refractivity contribution in [1.82, 2.24) is 4.57 Å². The molecule has 0 radical (unpaired) electrons. The van der Waals surface area contributed by atoms with Crippen LogP contribution in [0.1, 0.15) is 10.4 Å². The molecule has 1 aromatic heterocycles. The number of terminal acetylenes is 1. The number of carbonyl (C=O) groups excluding carboxylic acids is 1. The van der Waals surface area contributed by atoms with Crippen molar-refractivity contribution in [1.29, 1.82) is 0 Å². The topological polar surface area (TPSA) is 34.4 Å². The zero-order valence-corrected chi connectivity index (χ0v) is 13.4. The highest BCUT2D eigenvalue weighted by molar-refractivity contribution is 7.16. The molecule has 6 heteroatoms. The summed E-state index contributed by atoms with van der Waals surface area (Å²) in [5, 5.41) is 0.582. The molecule has 0 unspecified atom stereocenters. The van der Waals surface area contributed by atoms with Crippen LogP contribution in [0.15, 0.2) is 47.5 Å². The van der Waals surface area contributed by atoms with Crippen LogP contribution >= 0.6 is 22.9 Å². The van der Waals surface area contributed by atoms with E-state index in [1.165, 1.54) is 29.5 Å². The molecule has 3 aromatic rings. The molecule has 3 rings (SSSR count). The molecule has 0 N–H and O–H groups in total. The first kappa shape index (κ1) is 15.5. The number of thiazole rings is 1. The van der Waals surface area contributed by atoms with E-state index in [0.717, 1.165) is 10.2 Å². The Bertz CT molecular complexity index is 1010. The van der Waals surface area contributed by atoms with Crippen molar-refractivity contribution in [3.05, 3.63) is 63.7 Å². The van der Waals surface area contributed by atoms with Crippen LogP contribution in [-0.2, 0) is 6.54 Å². The lowest BCUT2D eigenvalue weighted by Crippen LogP contribution is -2.16. The zero-order chi connectivity index (χ0) is 16.4. The van der Waals surface area contributed by atoms with Crippen LogP contribution in [0.5, 0.6) is 0 Å². The Kier molecular flexibility index (Phi) is 4.28. The van der Waals surface area contributed by atoms with E-state index in [0.29, 0.717) is 9.82 Å². The van der Waals surface area contributed by atoms with Gasteiger partial charge in [0.2, 0.25) is 0 Å². The van der Waals surface area contributed by atoms with Gasteiger partial charge in [-0.3, -0.25) is 4.79 Å². The summed E-state index contributed by atoms with van der Waals surface area (Å²) in [7, 11) is 0. The van der Waals surface area contributed by atoms with Crippen LogP contribution in [0.25, 0.3) is 10.2 Å². The van der Waals surface area contributed by atoms with Gasteiger partial charge in [0.25, 0.3) is 5.91 Å². The molecule has 114 valence electrons. The zero-order valence-electron chi connectivity index (χ0n) is 11.8. The largest absolute Gasteiger partial charge is 0.305 e. The van der Waals surface area contributed by atoms with Gasteiger partial charge in [-0.15, -0.1) is 6.42 Å². The quantitative estimate of drug-likeness (QED) is 0.650. The fourth-order valence-corrected chi connectivity index (χ4v) is 3.46. The molecule has 1 heterocycles. The molecule has 0 aliphatic rings. The van der Waals surface area contributed by atoms with Crippen molar-refractivity contribution < 1.29 is 9.18 Å². The summed E-state index contributed by atoms with van der Waals surface area (Å²) in [5.74, 6) is 1.28. The van der Waals surface area contributed by atoms with E-state index in [2.05, 4.69) is 10.9 Å². The number of fused-ring (bicyclic) bond motifs is 1. The predicted molar refractivity (Wildman–Crippen MR) is 90.0 cm³/mol. The molecular weight excluding hydrogens is 335 g/mol.